The van der Waals surface area contributed by atoms with Gasteiger partial charge < -0.3 is 5.32 Å². The first-order valence-corrected chi connectivity index (χ1v) is 5.00. The minimum Gasteiger partial charge on any atom is -0.308 e. The molecule has 1 aliphatic rings. The number of nitrogens with one attached hydrogen (secondary N) is 1. The van der Waals surface area contributed by atoms with Crippen LogP contribution in [0.5, 0.6) is 0 Å². The molecule has 1 unspecified atom stereocenters. The van der Waals surface area contributed by atoms with E-state index in [1.54, 1.807) is 13.0 Å². The summed E-state index contributed by atoms with van der Waals surface area (Å²) in [5.74, 6) is 0.578. The third-order valence-electron chi connectivity index (χ3n) is 1.75. The number of amides is 1. The summed E-state index contributed by atoms with van der Waals surface area (Å²) in [5, 5.41) is 2.70. The van der Waals surface area contributed by atoms with Gasteiger partial charge in [-0.15, -0.1) is 11.3 Å². The SMILES string of the molecule is CC1N=C(c2ccc(Cl)s2)NC1=O. The number of carbonyl (C=O) groups excluding carboxylic acids is 1. The molecule has 0 aliphatic carbocycles. The van der Waals surface area contributed by atoms with Crippen molar-refractivity contribution in [3.63, 3.8) is 0 Å². The minimum atomic E-state index is -0.282. The van der Waals surface area contributed by atoms with Crippen molar-refractivity contribution in [3.8, 4) is 0 Å². The molecule has 0 fully saturated rings. The first kappa shape index (κ1) is 8.72. The van der Waals surface area contributed by atoms with Gasteiger partial charge in [0.1, 0.15) is 11.9 Å². The molecule has 13 heavy (non-hydrogen) atoms. The van der Waals surface area contributed by atoms with Crippen molar-refractivity contribution in [2.24, 2.45) is 4.99 Å². The Kier molecular flexibility index (Phi) is 2.09. The lowest BCUT2D eigenvalue weighted by Gasteiger charge is -1.94. The fourth-order valence-electron chi connectivity index (χ4n) is 1.07. The number of amidine groups is 1. The second-order valence-corrected chi connectivity index (χ2v) is 4.46. The molecule has 0 saturated carbocycles. The molecule has 5 heteroatoms. The summed E-state index contributed by atoms with van der Waals surface area (Å²) in [6.45, 7) is 1.76. The van der Waals surface area contributed by atoms with Crippen molar-refractivity contribution < 1.29 is 4.79 Å². The van der Waals surface area contributed by atoms with Crippen molar-refractivity contribution in [2.75, 3.05) is 0 Å². The van der Waals surface area contributed by atoms with E-state index in [4.69, 9.17) is 11.6 Å². The van der Waals surface area contributed by atoms with E-state index in [0.29, 0.717) is 10.2 Å². The lowest BCUT2D eigenvalue weighted by Crippen LogP contribution is -2.27. The number of hydrogen-bond acceptors (Lipinski definition) is 3. The Labute approximate surface area is 84.4 Å². The molecule has 0 spiro atoms. The van der Waals surface area contributed by atoms with Crippen LogP contribution in [0, 0.1) is 0 Å². The number of rotatable bonds is 1. The molecule has 1 N–H and O–H groups in total. The Hall–Kier alpha value is -0.870. The Morgan fingerprint density at radius 2 is 2.38 bits per heavy atom. The molecule has 0 aromatic carbocycles. The summed E-state index contributed by atoms with van der Waals surface area (Å²) in [7, 11) is 0. The van der Waals surface area contributed by atoms with Gasteiger partial charge in [-0.2, -0.15) is 0 Å². The van der Waals surface area contributed by atoms with Gasteiger partial charge in [0.25, 0.3) is 0 Å². The number of thiophene rings is 1. The molecule has 1 aromatic heterocycles. The smallest absolute Gasteiger partial charge is 0.250 e. The van der Waals surface area contributed by atoms with E-state index in [2.05, 4.69) is 10.3 Å². The van der Waals surface area contributed by atoms with Crippen LogP contribution >= 0.6 is 22.9 Å². The van der Waals surface area contributed by atoms with Crippen molar-refractivity contribution in [1.82, 2.24) is 5.32 Å². The normalized spacial score (nSPS) is 21.5. The Morgan fingerprint density at radius 1 is 1.62 bits per heavy atom. The first-order chi connectivity index (χ1) is 6.16. The van der Waals surface area contributed by atoms with Crippen LogP contribution in [0.2, 0.25) is 4.34 Å². The quantitative estimate of drug-likeness (QED) is 0.759. The van der Waals surface area contributed by atoms with Crippen LogP contribution in [0.25, 0.3) is 0 Å². The summed E-state index contributed by atoms with van der Waals surface area (Å²) < 4.78 is 0.700. The lowest BCUT2D eigenvalue weighted by atomic mass is 10.4. The van der Waals surface area contributed by atoms with Gasteiger partial charge in [0.2, 0.25) is 5.91 Å². The molecule has 0 saturated heterocycles. The molecule has 1 aromatic rings. The zero-order valence-corrected chi connectivity index (χ0v) is 8.45. The summed E-state index contributed by atoms with van der Waals surface area (Å²) >= 11 is 7.17. The van der Waals surface area contributed by atoms with Gasteiger partial charge in [-0.3, -0.25) is 9.79 Å². The van der Waals surface area contributed by atoms with Gasteiger partial charge in [0.15, 0.2) is 0 Å². The van der Waals surface area contributed by atoms with Crippen molar-refractivity contribution in [2.45, 2.75) is 13.0 Å². The third kappa shape index (κ3) is 1.59. The van der Waals surface area contributed by atoms with E-state index in [0.717, 1.165) is 4.88 Å². The van der Waals surface area contributed by atoms with Crippen LogP contribution in [0.3, 0.4) is 0 Å². The van der Waals surface area contributed by atoms with Crippen LogP contribution < -0.4 is 5.32 Å². The fourth-order valence-corrected chi connectivity index (χ4v) is 2.07. The predicted molar refractivity (Wildman–Crippen MR) is 53.5 cm³/mol. The molecule has 0 radical (unpaired) electrons. The Bertz CT molecular complexity index is 385. The highest BCUT2D eigenvalue weighted by molar-refractivity contribution is 7.18. The maximum absolute atomic E-state index is 11.1. The van der Waals surface area contributed by atoms with E-state index in [-0.39, 0.29) is 11.9 Å². The first-order valence-electron chi connectivity index (χ1n) is 3.81. The zero-order valence-electron chi connectivity index (χ0n) is 6.87. The molecular formula is C8H7ClN2OS. The highest BCUT2D eigenvalue weighted by atomic mass is 35.5. The topological polar surface area (TPSA) is 41.5 Å². The van der Waals surface area contributed by atoms with Crippen LogP contribution in [-0.4, -0.2) is 17.8 Å². The number of carbonyl (C=O) groups is 1. The molecular weight excluding hydrogens is 208 g/mol. The maximum atomic E-state index is 11.1. The molecule has 2 rings (SSSR count). The minimum absolute atomic E-state index is 0.0560. The van der Waals surface area contributed by atoms with E-state index >= 15 is 0 Å². The van der Waals surface area contributed by atoms with Crippen LogP contribution in [-0.2, 0) is 4.79 Å². The summed E-state index contributed by atoms with van der Waals surface area (Å²) in [5.41, 5.74) is 0. The highest BCUT2D eigenvalue weighted by Crippen LogP contribution is 2.22. The number of nitrogens with zero attached hydrogens (tertiary/aromatic N) is 1. The number of hydrogen-bond donors (Lipinski definition) is 1. The Morgan fingerprint density at radius 3 is 2.85 bits per heavy atom. The molecule has 2 heterocycles. The van der Waals surface area contributed by atoms with E-state index in [1.807, 2.05) is 6.07 Å². The fraction of sp³-hybridized carbons (Fsp3) is 0.250. The molecule has 68 valence electrons. The molecule has 0 bridgehead atoms. The second kappa shape index (κ2) is 3.12. The number of aliphatic imine (C=N–C) groups is 1. The number of halogens is 1. The van der Waals surface area contributed by atoms with Crippen molar-refractivity contribution in [3.05, 3.63) is 21.3 Å². The average Bonchev–Trinajstić information content (AvgIpc) is 2.61. The van der Waals surface area contributed by atoms with Crippen LogP contribution in [0.1, 0.15) is 11.8 Å². The van der Waals surface area contributed by atoms with Crippen LogP contribution in [0.15, 0.2) is 17.1 Å². The predicted octanol–water partition coefficient (Wildman–Crippen LogP) is 1.67. The van der Waals surface area contributed by atoms with Gasteiger partial charge in [0, 0.05) is 0 Å². The summed E-state index contributed by atoms with van der Waals surface area (Å²) in [6, 6.07) is 3.36. The maximum Gasteiger partial charge on any atom is 0.250 e. The average molecular weight is 215 g/mol. The lowest BCUT2D eigenvalue weighted by molar-refractivity contribution is -0.119. The van der Waals surface area contributed by atoms with E-state index in [9.17, 15) is 4.79 Å². The van der Waals surface area contributed by atoms with Gasteiger partial charge >= 0.3 is 0 Å². The van der Waals surface area contributed by atoms with Crippen LogP contribution in [0.4, 0.5) is 0 Å². The monoisotopic (exact) mass is 214 g/mol. The van der Waals surface area contributed by atoms with E-state index in [1.165, 1.54) is 11.3 Å². The standard InChI is InChI=1S/C8H7ClN2OS/c1-4-8(12)11-7(10-4)5-2-3-6(9)13-5/h2-4H,1H3,(H,10,11,12). The van der Waals surface area contributed by atoms with Gasteiger partial charge in [0.05, 0.1) is 9.21 Å². The molecule has 3 nitrogen and oxygen atoms in total. The largest absolute Gasteiger partial charge is 0.308 e. The zero-order chi connectivity index (χ0) is 9.42. The van der Waals surface area contributed by atoms with Gasteiger partial charge in [-0.05, 0) is 19.1 Å². The van der Waals surface area contributed by atoms with Crippen molar-refractivity contribution >= 4 is 34.7 Å². The van der Waals surface area contributed by atoms with Gasteiger partial charge in [-0.1, -0.05) is 11.6 Å². The molecule has 1 atom stereocenters. The summed E-state index contributed by atoms with van der Waals surface area (Å²) in [4.78, 5) is 16.2. The van der Waals surface area contributed by atoms with E-state index < -0.39 is 0 Å². The summed E-state index contributed by atoms with van der Waals surface area (Å²) in [6.07, 6.45) is 0. The second-order valence-electron chi connectivity index (χ2n) is 2.75. The highest BCUT2D eigenvalue weighted by Gasteiger charge is 2.23. The third-order valence-corrected chi connectivity index (χ3v) is 2.99. The Balaban J connectivity index is 2.29. The van der Waals surface area contributed by atoms with Gasteiger partial charge in [-0.25, -0.2) is 0 Å². The molecule has 1 aliphatic heterocycles. The van der Waals surface area contributed by atoms with Crippen molar-refractivity contribution in [1.29, 1.82) is 0 Å². The molecule has 1 amide bonds.